The Hall–Kier alpha value is -2.61. The average molecular weight is 227 g/mol. The molecule has 0 aliphatic rings. The number of nitrogens with one attached hydrogen (secondary N) is 1. The van der Waals surface area contributed by atoms with Crippen molar-refractivity contribution in [3.05, 3.63) is 52.2 Å². The maximum atomic E-state index is 11.5. The van der Waals surface area contributed by atoms with E-state index in [9.17, 15) is 4.79 Å². The maximum Gasteiger partial charge on any atom is 0.293 e. The van der Waals surface area contributed by atoms with Crippen molar-refractivity contribution in [2.75, 3.05) is 7.11 Å². The van der Waals surface area contributed by atoms with Gasteiger partial charge in [0.2, 0.25) is 5.75 Å². The molecule has 0 amide bonds. The summed E-state index contributed by atoms with van der Waals surface area (Å²) in [5.41, 5.74) is 0.852. The number of benzene rings is 1. The van der Waals surface area contributed by atoms with Gasteiger partial charge in [-0.25, -0.2) is 9.83 Å². The fourth-order valence-corrected chi connectivity index (χ4v) is 1.40. The van der Waals surface area contributed by atoms with Crippen LogP contribution in [0.25, 0.3) is 16.2 Å². The highest BCUT2D eigenvalue weighted by Gasteiger charge is 2.04. The molecule has 0 fully saturated rings. The number of aromatic nitrogens is 2. The van der Waals surface area contributed by atoms with Gasteiger partial charge in [0.1, 0.15) is 5.82 Å². The fraction of sp³-hybridized carbons (Fsp3) is 0.0833. The summed E-state index contributed by atoms with van der Waals surface area (Å²) in [6, 6.07) is 6.88. The summed E-state index contributed by atoms with van der Waals surface area (Å²) in [7, 11) is 1.41. The normalized spacial score (nSPS) is 9.65. The standard InChI is InChI=1S/C12H9N3O2/c1-13-9-5-3-4-8(6-9)11-14-7-10(17-2)12(16)15-11/h3-7H,2H3,(H,14,15,16). The Morgan fingerprint density at radius 3 is 2.94 bits per heavy atom. The Balaban J connectivity index is 2.50. The summed E-state index contributed by atoms with van der Waals surface area (Å²) in [6.45, 7) is 6.92. The van der Waals surface area contributed by atoms with E-state index in [1.165, 1.54) is 13.3 Å². The van der Waals surface area contributed by atoms with Crippen molar-refractivity contribution in [1.29, 1.82) is 0 Å². The molecule has 0 aliphatic carbocycles. The largest absolute Gasteiger partial charge is 0.490 e. The van der Waals surface area contributed by atoms with Gasteiger partial charge in [-0.1, -0.05) is 18.2 Å². The average Bonchev–Trinajstić information content (AvgIpc) is 2.38. The molecule has 0 saturated carbocycles. The SMILES string of the molecule is [C-]#[N+]c1cccc(-c2ncc(OC)c(=O)[nH]2)c1. The van der Waals surface area contributed by atoms with Crippen molar-refractivity contribution in [2.45, 2.75) is 0 Å². The van der Waals surface area contributed by atoms with Crippen LogP contribution in [0.4, 0.5) is 5.69 Å². The molecule has 1 aromatic carbocycles. The number of rotatable bonds is 2. The summed E-state index contributed by atoms with van der Waals surface area (Å²) < 4.78 is 4.83. The second-order valence-electron chi connectivity index (χ2n) is 3.29. The van der Waals surface area contributed by atoms with E-state index in [1.807, 2.05) is 0 Å². The third-order valence-corrected chi connectivity index (χ3v) is 2.24. The lowest BCUT2D eigenvalue weighted by Crippen LogP contribution is -2.11. The highest BCUT2D eigenvalue weighted by Crippen LogP contribution is 2.20. The van der Waals surface area contributed by atoms with Crippen LogP contribution in [0.1, 0.15) is 0 Å². The number of nitrogens with zero attached hydrogens (tertiary/aromatic N) is 2. The number of aromatic amines is 1. The predicted molar refractivity (Wildman–Crippen MR) is 63.1 cm³/mol. The Morgan fingerprint density at radius 1 is 1.47 bits per heavy atom. The van der Waals surface area contributed by atoms with E-state index >= 15 is 0 Å². The van der Waals surface area contributed by atoms with Gasteiger partial charge < -0.3 is 9.72 Å². The third-order valence-electron chi connectivity index (χ3n) is 2.24. The summed E-state index contributed by atoms with van der Waals surface area (Å²) in [4.78, 5) is 21.5. The molecule has 1 aromatic heterocycles. The number of ether oxygens (including phenoxy) is 1. The Kier molecular flexibility index (Phi) is 2.88. The predicted octanol–water partition coefficient (Wildman–Crippen LogP) is 2.00. The van der Waals surface area contributed by atoms with Crippen molar-refractivity contribution in [2.24, 2.45) is 0 Å². The third kappa shape index (κ3) is 2.16. The topological polar surface area (TPSA) is 59.3 Å². The molecule has 0 atom stereocenters. The first-order valence-corrected chi connectivity index (χ1v) is 4.86. The van der Waals surface area contributed by atoms with Crippen molar-refractivity contribution in [3.8, 4) is 17.1 Å². The molecular formula is C12H9N3O2. The zero-order chi connectivity index (χ0) is 12.3. The zero-order valence-corrected chi connectivity index (χ0v) is 9.10. The molecule has 0 bridgehead atoms. The lowest BCUT2D eigenvalue weighted by atomic mass is 10.2. The molecule has 5 nitrogen and oxygen atoms in total. The lowest BCUT2D eigenvalue weighted by Gasteiger charge is -2.02. The first-order chi connectivity index (χ1) is 8.24. The maximum absolute atomic E-state index is 11.5. The second-order valence-corrected chi connectivity index (χ2v) is 3.29. The van der Waals surface area contributed by atoms with Gasteiger partial charge in [0, 0.05) is 5.56 Å². The van der Waals surface area contributed by atoms with E-state index in [0.717, 1.165) is 0 Å². The van der Waals surface area contributed by atoms with Crippen LogP contribution < -0.4 is 10.3 Å². The van der Waals surface area contributed by atoms with E-state index in [1.54, 1.807) is 24.3 Å². The van der Waals surface area contributed by atoms with Gasteiger partial charge >= 0.3 is 0 Å². The highest BCUT2D eigenvalue weighted by molar-refractivity contribution is 5.62. The molecule has 0 aliphatic heterocycles. The Morgan fingerprint density at radius 2 is 2.29 bits per heavy atom. The molecule has 84 valence electrons. The van der Waals surface area contributed by atoms with Crippen LogP contribution in [0.5, 0.6) is 5.75 Å². The molecular weight excluding hydrogens is 218 g/mol. The molecule has 0 saturated heterocycles. The van der Waals surface area contributed by atoms with Crippen LogP contribution in [0, 0.1) is 6.57 Å². The number of hydrogen-bond acceptors (Lipinski definition) is 3. The van der Waals surface area contributed by atoms with Crippen LogP contribution in [-0.4, -0.2) is 17.1 Å². The Labute approximate surface area is 97.5 Å². The Bertz CT molecular complexity index is 641. The molecule has 2 aromatic rings. The molecule has 0 unspecified atom stereocenters. The number of hydrogen-bond donors (Lipinski definition) is 1. The molecule has 5 heteroatoms. The van der Waals surface area contributed by atoms with Crippen LogP contribution in [0.3, 0.4) is 0 Å². The lowest BCUT2D eigenvalue weighted by molar-refractivity contribution is 0.406. The van der Waals surface area contributed by atoms with Gasteiger partial charge in [0.05, 0.1) is 19.9 Å². The van der Waals surface area contributed by atoms with E-state index < -0.39 is 0 Å². The molecule has 2 rings (SSSR count). The van der Waals surface area contributed by atoms with Crippen LogP contribution >= 0.6 is 0 Å². The first-order valence-electron chi connectivity index (χ1n) is 4.86. The quantitative estimate of drug-likeness (QED) is 0.798. The van der Waals surface area contributed by atoms with E-state index in [0.29, 0.717) is 17.1 Å². The number of H-pyrrole nitrogens is 1. The molecule has 1 N–H and O–H groups in total. The van der Waals surface area contributed by atoms with Crippen molar-refractivity contribution >= 4 is 5.69 Å². The van der Waals surface area contributed by atoms with Gasteiger partial charge in [0.15, 0.2) is 5.69 Å². The minimum atomic E-state index is -0.342. The summed E-state index contributed by atoms with van der Waals surface area (Å²) in [5, 5.41) is 0. The summed E-state index contributed by atoms with van der Waals surface area (Å²) in [6.07, 6.45) is 1.36. The summed E-state index contributed by atoms with van der Waals surface area (Å²) in [5.74, 6) is 0.580. The number of methoxy groups -OCH3 is 1. The van der Waals surface area contributed by atoms with Crippen molar-refractivity contribution in [3.63, 3.8) is 0 Å². The summed E-state index contributed by atoms with van der Waals surface area (Å²) >= 11 is 0. The smallest absolute Gasteiger partial charge is 0.293 e. The fourth-order valence-electron chi connectivity index (χ4n) is 1.40. The van der Waals surface area contributed by atoms with Crippen LogP contribution in [-0.2, 0) is 0 Å². The van der Waals surface area contributed by atoms with Gasteiger partial charge in [-0.05, 0) is 6.07 Å². The van der Waals surface area contributed by atoms with Gasteiger partial charge in [-0.15, -0.1) is 0 Å². The first kappa shape index (κ1) is 10.9. The zero-order valence-electron chi connectivity index (χ0n) is 9.10. The minimum Gasteiger partial charge on any atom is -0.490 e. The second kappa shape index (κ2) is 4.49. The minimum absolute atomic E-state index is 0.162. The van der Waals surface area contributed by atoms with Crippen molar-refractivity contribution in [1.82, 2.24) is 9.97 Å². The van der Waals surface area contributed by atoms with Gasteiger partial charge in [0.25, 0.3) is 5.56 Å². The molecule has 0 radical (unpaired) electrons. The molecule has 17 heavy (non-hydrogen) atoms. The van der Waals surface area contributed by atoms with Gasteiger partial charge in [-0.2, -0.15) is 0 Å². The monoisotopic (exact) mass is 227 g/mol. The van der Waals surface area contributed by atoms with E-state index in [4.69, 9.17) is 11.3 Å². The van der Waals surface area contributed by atoms with Crippen molar-refractivity contribution < 1.29 is 4.74 Å². The van der Waals surface area contributed by atoms with Crippen LogP contribution in [0.15, 0.2) is 35.3 Å². The van der Waals surface area contributed by atoms with Crippen LogP contribution in [0.2, 0.25) is 0 Å². The molecule has 0 spiro atoms. The molecule has 1 heterocycles. The highest BCUT2D eigenvalue weighted by atomic mass is 16.5. The van der Waals surface area contributed by atoms with E-state index in [2.05, 4.69) is 14.8 Å². The van der Waals surface area contributed by atoms with E-state index in [-0.39, 0.29) is 11.3 Å². The van der Waals surface area contributed by atoms with Gasteiger partial charge in [-0.3, -0.25) is 4.79 Å².